The summed E-state index contributed by atoms with van der Waals surface area (Å²) in [5.41, 5.74) is 1.27. The zero-order valence-electron chi connectivity index (χ0n) is 14.2. The van der Waals surface area contributed by atoms with Gasteiger partial charge in [-0.15, -0.1) is 5.10 Å². The molecule has 1 fully saturated rings. The van der Waals surface area contributed by atoms with Crippen LogP contribution in [0.3, 0.4) is 0 Å². The first kappa shape index (κ1) is 18.7. The second kappa shape index (κ2) is 8.05. The molecule has 1 atom stereocenters. The van der Waals surface area contributed by atoms with Gasteiger partial charge in [0.25, 0.3) is 0 Å². The number of carbonyl (C=O) groups is 2. The Hall–Kier alpha value is -2.12. The summed E-state index contributed by atoms with van der Waals surface area (Å²) in [4.78, 5) is 26.6. The van der Waals surface area contributed by atoms with Crippen molar-refractivity contribution in [2.75, 3.05) is 13.2 Å². The van der Waals surface area contributed by atoms with Gasteiger partial charge in [0.1, 0.15) is 5.69 Å². The van der Waals surface area contributed by atoms with E-state index in [9.17, 15) is 9.59 Å². The van der Waals surface area contributed by atoms with Crippen LogP contribution in [-0.4, -0.2) is 45.3 Å². The quantitative estimate of drug-likeness (QED) is 0.783. The second-order valence-electron chi connectivity index (χ2n) is 5.94. The molecule has 1 unspecified atom stereocenters. The Labute approximate surface area is 160 Å². The van der Waals surface area contributed by atoms with Crippen LogP contribution in [0, 0.1) is 0 Å². The van der Waals surface area contributed by atoms with E-state index in [1.54, 1.807) is 30.0 Å². The molecule has 0 bridgehead atoms. The van der Waals surface area contributed by atoms with Crippen molar-refractivity contribution in [3.8, 4) is 0 Å². The molecule has 1 N–H and O–H groups in total. The van der Waals surface area contributed by atoms with Crippen LogP contribution in [0.1, 0.15) is 47.6 Å². The van der Waals surface area contributed by atoms with Gasteiger partial charge in [-0.25, -0.2) is 4.79 Å². The molecule has 0 saturated carbocycles. The van der Waals surface area contributed by atoms with Crippen molar-refractivity contribution >= 4 is 35.1 Å². The summed E-state index contributed by atoms with van der Waals surface area (Å²) in [5, 5.41) is 11.4. The first-order chi connectivity index (χ1) is 12.5. The number of esters is 1. The van der Waals surface area contributed by atoms with Crippen molar-refractivity contribution in [3.05, 3.63) is 45.2 Å². The fraction of sp³-hybridized carbons (Fsp3) is 0.412. The van der Waals surface area contributed by atoms with Crippen LogP contribution in [0.5, 0.6) is 0 Å². The van der Waals surface area contributed by atoms with E-state index >= 15 is 0 Å². The van der Waals surface area contributed by atoms with E-state index in [0.717, 1.165) is 6.42 Å². The molecule has 0 aliphatic carbocycles. The Morgan fingerprint density at radius 1 is 1.35 bits per heavy atom. The van der Waals surface area contributed by atoms with E-state index in [-0.39, 0.29) is 30.7 Å². The smallest absolute Gasteiger partial charge is 0.360 e. The number of nitrogens with one attached hydrogen (secondary N) is 1. The minimum atomic E-state index is -0.545. The van der Waals surface area contributed by atoms with Gasteiger partial charge in [-0.3, -0.25) is 4.79 Å². The standard InChI is InChI=1S/C17H18Cl2N4O3/c1-2-26-17(25)16-15(20-22-21-16)13-4-3-7-23(13)14(24)8-10-5-6-11(18)9-12(10)19/h5-6,9,13H,2-4,7-8H2,1H3,(H,20,21,22). The van der Waals surface area contributed by atoms with Crippen LogP contribution in [0.4, 0.5) is 0 Å². The van der Waals surface area contributed by atoms with Crippen molar-refractivity contribution in [1.82, 2.24) is 20.3 Å². The predicted molar refractivity (Wildman–Crippen MR) is 96.2 cm³/mol. The van der Waals surface area contributed by atoms with E-state index in [0.29, 0.717) is 34.3 Å². The average Bonchev–Trinajstić information content (AvgIpc) is 3.25. The molecule has 2 heterocycles. The molecule has 9 heteroatoms. The van der Waals surface area contributed by atoms with Crippen LogP contribution in [0.25, 0.3) is 0 Å². The highest BCUT2D eigenvalue weighted by Gasteiger charge is 2.35. The zero-order chi connectivity index (χ0) is 18.7. The fourth-order valence-electron chi connectivity index (χ4n) is 3.10. The van der Waals surface area contributed by atoms with Gasteiger partial charge in [-0.1, -0.05) is 29.3 Å². The fourth-order valence-corrected chi connectivity index (χ4v) is 3.58. The highest BCUT2D eigenvalue weighted by Crippen LogP contribution is 2.33. The third kappa shape index (κ3) is 3.83. The lowest BCUT2D eigenvalue weighted by Crippen LogP contribution is -2.32. The molecule has 2 aromatic rings. The number of hydrogen-bond donors (Lipinski definition) is 1. The van der Waals surface area contributed by atoms with Crippen LogP contribution in [0.2, 0.25) is 10.0 Å². The van der Waals surface area contributed by atoms with Gasteiger partial charge in [0, 0.05) is 16.6 Å². The number of nitrogens with zero attached hydrogens (tertiary/aromatic N) is 3. The number of amides is 1. The number of carbonyl (C=O) groups excluding carboxylic acids is 2. The molecular formula is C17H18Cl2N4O3. The van der Waals surface area contributed by atoms with E-state index in [1.165, 1.54) is 0 Å². The predicted octanol–water partition coefficient (Wildman–Crippen LogP) is 3.19. The third-order valence-corrected chi connectivity index (χ3v) is 4.88. The van der Waals surface area contributed by atoms with Crippen molar-refractivity contribution in [2.24, 2.45) is 0 Å². The lowest BCUT2D eigenvalue weighted by Gasteiger charge is -2.24. The van der Waals surface area contributed by atoms with E-state index in [2.05, 4.69) is 15.4 Å². The van der Waals surface area contributed by atoms with Crippen molar-refractivity contribution < 1.29 is 14.3 Å². The Balaban J connectivity index is 1.79. The third-order valence-electron chi connectivity index (χ3n) is 4.29. The molecule has 1 amide bonds. The zero-order valence-corrected chi connectivity index (χ0v) is 15.7. The van der Waals surface area contributed by atoms with Crippen LogP contribution in [-0.2, 0) is 16.0 Å². The lowest BCUT2D eigenvalue weighted by molar-refractivity contribution is -0.131. The van der Waals surface area contributed by atoms with Gasteiger partial charge >= 0.3 is 5.97 Å². The van der Waals surface area contributed by atoms with Crippen molar-refractivity contribution in [2.45, 2.75) is 32.2 Å². The lowest BCUT2D eigenvalue weighted by atomic mass is 10.1. The Morgan fingerprint density at radius 3 is 2.88 bits per heavy atom. The molecule has 138 valence electrons. The summed E-state index contributed by atoms with van der Waals surface area (Å²) in [6, 6.07) is 4.75. The average molecular weight is 397 g/mol. The molecule has 1 aromatic carbocycles. The SMILES string of the molecule is CCOC(=O)c1n[nH]nc1C1CCCN1C(=O)Cc1ccc(Cl)cc1Cl. The maximum atomic E-state index is 12.8. The van der Waals surface area contributed by atoms with Gasteiger partial charge < -0.3 is 9.64 Å². The summed E-state index contributed by atoms with van der Waals surface area (Å²) in [6.45, 7) is 2.55. The van der Waals surface area contributed by atoms with Gasteiger partial charge in [0.15, 0.2) is 5.69 Å². The number of benzene rings is 1. The first-order valence-corrected chi connectivity index (χ1v) is 9.08. The highest BCUT2D eigenvalue weighted by atomic mass is 35.5. The normalized spacial score (nSPS) is 16.7. The molecule has 1 aliphatic rings. The van der Waals surface area contributed by atoms with Crippen molar-refractivity contribution in [1.29, 1.82) is 0 Å². The van der Waals surface area contributed by atoms with Crippen LogP contribution in [0.15, 0.2) is 18.2 Å². The summed E-state index contributed by atoms with van der Waals surface area (Å²) >= 11 is 12.1. The summed E-state index contributed by atoms with van der Waals surface area (Å²) in [6.07, 6.45) is 1.68. The minimum absolute atomic E-state index is 0.0884. The Kier molecular flexibility index (Phi) is 5.78. The summed E-state index contributed by atoms with van der Waals surface area (Å²) in [7, 11) is 0. The van der Waals surface area contributed by atoms with E-state index in [4.69, 9.17) is 27.9 Å². The maximum absolute atomic E-state index is 12.8. The number of ether oxygens (including phenoxy) is 1. The number of hydrogen-bond acceptors (Lipinski definition) is 5. The second-order valence-corrected chi connectivity index (χ2v) is 6.78. The van der Waals surface area contributed by atoms with Crippen LogP contribution >= 0.6 is 23.2 Å². The summed E-state index contributed by atoms with van der Waals surface area (Å²) < 4.78 is 5.01. The number of rotatable bonds is 5. The van der Waals surface area contributed by atoms with Crippen LogP contribution < -0.4 is 0 Å². The molecule has 0 radical (unpaired) electrons. The van der Waals surface area contributed by atoms with Gasteiger partial charge in [0.05, 0.1) is 19.1 Å². The molecule has 7 nitrogen and oxygen atoms in total. The number of aromatic nitrogens is 3. The summed E-state index contributed by atoms with van der Waals surface area (Å²) in [5.74, 6) is -0.633. The monoisotopic (exact) mass is 396 g/mol. The number of halogens is 2. The molecule has 1 saturated heterocycles. The molecule has 3 rings (SSSR count). The highest BCUT2D eigenvalue weighted by molar-refractivity contribution is 6.35. The maximum Gasteiger partial charge on any atom is 0.360 e. The van der Waals surface area contributed by atoms with Crippen molar-refractivity contribution in [3.63, 3.8) is 0 Å². The Morgan fingerprint density at radius 2 is 2.15 bits per heavy atom. The topological polar surface area (TPSA) is 88.2 Å². The van der Waals surface area contributed by atoms with E-state index in [1.807, 2.05) is 0 Å². The van der Waals surface area contributed by atoms with Gasteiger partial charge in [-0.2, -0.15) is 10.3 Å². The molecular weight excluding hydrogens is 379 g/mol. The molecule has 1 aliphatic heterocycles. The minimum Gasteiger partial charge on any atom is -0.461 e. The molecule has 0 spiro atoms. The first-order valence-electron chi connectivity index (χ1n) is 8.32. The van der Waals surface area contributed by atoms with Gasteiger partial charge in [0.2, 0.25) is 5.91 Å². The Bertz CT molecular complexity index is 824. The number of likely N-dealkylation sites (tertiary alicyclic amines) is 1. The number of H-pyrrole nitrogens is 1. The molecule has 26 heavy (non-hydrogen) atoms. The molecule has 1 aromatic heterocycles. The number of aromatic amines is 1. The van der Waals surface area contributed by atoms with E-state index < -0.39 is 5.97 Å². The van der Waals surface area contributed by atoms with Gasteiger partial charge in [-0.05, 0) is 37.5 Å². The largest absolute Gasteiger partial charge is 0.461 e.